The van der Waals surface area contributed by atoms with Gasteiger partial charge in [-0.05, 0) is 24.6 Å². The number of aliphatic hydroxyl groups excluding tert-OH is 2. The number of benzene rings is 1. The van der Waals surface area contributed by atoms with Crippen LogP contribution in [0.2, 0.25) is 0 Å². The van der Waals surface area contributed by atoms with E-state index < -0.39 is 6.10 Å². The molecule has 0 fully saturated rings. The second-order valence-electron chi connectivity index (χ2n) is 3.17. The van der Waals surface area contributed by atoms with Gasteiger partial charge in [-0.1, -0.05) is 6.07 Å². The fourth-order valence-electron chi connectivity index (χ4n) is 0.953. The van der Waals surface area contributed by atoms with Gasteiger partial charge in [-0.15, -0.1) is 11.8 Å². The lowest BCUT2D eigenvalue weighted by Gasteiger charge is -2.07. The molecule has 78 valence electrons. The molecule has 0 bridgehead atoms. The lowest BCUT2D eigenvalue weighted by Crippen LogP contribution is -2.14. The first-order valence-corrected chi connectivity index (χ1v) is 5.40. The molecule has 0 aromatic heterocycles. The maximum Gasteiger partial charge on any atom is 0.0864 e. The van der Waals surface area contributed by atoms with Gasteiger partial charge in [-0.3, -0.25) is 0 Å². The van der Waals surface area contributed by atoms with Crippen molar-refractivity contribution in [3.8, 4) is 0 Å². The van der Waals surface area contributed by atoms with E-state index in [1.165, 1.54) is 11.8 Å². The van der Waals surface area contributed by atoms with Crippen molar-refractivity contribution >= 4 is 17.4 Å². The zero-order valence-corrected chi connectivity index (χ0v) is 8.92. The summed E-state index contributed by atoms with van der Waals surface area (Å²) >= 11 is 1.49. The Morgan fingerprint density at radius 3 is 2.79 bits per heavy atom. The third-order valence-corrected chi connectivity index (χ3v) is 3.04. The molecule has 0 heterocycles. The Morgan fingerprint density at radius 2 is 2.21 bits per heavy atom. The monoisotopic (exact) mass is 213 g/mol. The largest absolute Gasteiger partial charge is 0.398 e. The maximum atomic E-state index is 9.14. The van der Waals surface area contributed by atoms with Crippen LogP contribution in [0.5, 0.6) is 0 Å². The average molecular weight is 213 g/mol. The predicted molar refractivity (Wildman–Crippen MR) is 59.4 cm³/mol. The molecule has 0 spiro atoms. The van der Waals surface area contributed by atoms with E-state index in [1.54, 1.807) is 0 Å². The van der Waals surface area contributed by atoms with Crippen molar-refractivity contribution in [2.24, 2.45) is 0 Å². The predicted octanol–water partition coefficient (Wildman–Crippen LogP) is 1.02. The smallest absolute Gasteiger partial charge is 0.0864 e. The Kier molecular flexibility index (Phi) is 4.25. The summed E-state index contributed by atoms with van der Waals surface area (Å²) in [4.78, 5) is 1.01. The van der Waals surface area contributed by atoms with Gasteiger partial charge in [0.25, 0.3) is 0 Å². The molecule has 1 aromatic rings. The second-order valence-corrected chi connectivity index (χ2v) is 4.26. The van der Waals surface area contributed by atoms with E-state index in [0.717, 1.165) is 16.1 Å². The molecule has 0 radical (unpaired) electrons. The average Bonchev–Trinajstić information content (AvgIpc) is 2.19. The Balaban J connectivity index is 2.55. The molecule has 14 heavy (non-hydrogen) atoms. The van der Waals surface area contributed by atoms with E-state index in [1.807, 2.05) is 25.1 Å². The van der Waals surface area contributed by atoms with E-state index in [0.29, 0.717) is 5.75 Å². The van der Waals surface area contributed by atoms with Gasteiger partial charge < -0.3 is 15.9 Å². The molecule has 0 aliphatic heterocycles. The molecule has 4 N–H and O–H groups in total. The van der Waals surface area contributed by atoms with Gasteiger partial charge in [0.05, 0.1) is 12.7 Å². The summed E-state index contributed by atoms with van der Waals surface area (Å²) in [5.74, 6) is 0.485. The Bertz CT molecular complexity index is 304. The number of nitrogen functional groups attached to an aromatic ring is 1. The molecule has 4 heteroatoms. The topological polar surface area (TPSA) is 66.5 Å². The maximum absolute atomic E-state index is 9.14. The highest BCUT2D eigenvalue weighted by Crippen LogP contribution is 2.23. The SMILES string of the molecule is Cc1ccc(SCC(O)CO)cc1N. The van der Waals surface area contributed by atoms with Crippen LogP contribution in [-0.4, -0.2) is 28.7 Å². The molecular formula is C10H15NO2S. The van der Waals surface area contributed by atoms with Crippen LogP contribution in [-0.2, 0) is 0 Å². The van der Waals surface area contributed by atoms with E-state index in [-0.39, 0.29) is 6.61 Å². The Hall–Kier alpha value is -0.710. The Morgan fingerprint density at radius 1 is 1.50 bits per heavy atom. The number of hydrogen-bond acceptors (Lipinski definition) is 4. The standard InChI is InChI=1S/C10H15NO2S/c1-7-2-3-9(4-10(7)11)14-6-8(13)5-12/h2-4,8,12-13H,5-6,11H2,1H3. The summed E-state index contributed by atoms with van der Waals surface area (Å²) in [6.45, 7) is 1.75. The summed E-state index contributed by atoms with van der Waals surface area (Å²) in [6.07, 6.45) is -0.664. The first-order valence-electron chi connectivity index (χ1n) is 4.41. The summed E-state index contributed by atoms with van der Waals surface area (Å²) in [6, 6.07) is 5.79. The van der Waals surface area contributed by atoms with Crippen molar-refractivity contribution in [2.75, 3.05) is 18.1 Å². The molecule has 1 atom stereocenters. The van der Waals surface area contributed by atoms with Crippen molar-refractivity contribution in [1.82, 2.24) is 0 Å². The van der Waals surface area contributed by atoms with Crippen molar-refractivity contribution in [2.45, 2.75) is 17.9 Å². The van der Waals surface area contributed by atoms with E-state index >= 15 is 0 Å². The summed E-state index contributed by atoms with van der Waals surface area (Å²) in [5.41, 5.74) is 7.54. The molecule has 0 saturated carbocycles. The minimum absolute atomic E-state index is 0.200. The normalized spacial score (nSPS) is 12.8. The molecule has 3 nitrogen and oxygen atoms in total. The lowest BCUT2D eigenvalue weighted by molar-refractivity contribution is 0.113. The van der Waals surface area contributed by atoms with Crippen LogP contribution in [0.3, 0.4) is 0 Å². The highest BCUT2D eigenvalue weighted by atomic mass is 32.2. The van der Waals surface area contributed by atoms with Crippen LogP contribution in [0.25, 0.3) is 0 Å². The Labute approximate surface area is 87.9 Å². The number of hydrogen-bond donors (Lipinski definition) is 3. The molecule has 1 aromatic carbocycles. The van der Waals surface area contributed by atoms with E-state index in [2.05, 4.69) is 0 Å². The summed E-state index contributed by atoms with van der Waals surface area (Å²) < 4.78 is 0. The molecule has 0 aliphatic rings. The fourth-order valence-corrected chi connectivity index (χ4v) is 1.82. The molecule has 0 amide bonds. The lowest BCUT2D eigenvalue weighted by atomic mass is 10.2. The minimum Gasteiger partial charge on any atom is -0.398 e. The molecule has 0 aliphatic carbocycles. The van der Waals surface area contributed by atoms with Crippen LogP contribution in [0.4, 0.5) is 5.69 Å². The van der Waals surface area contributed by atoms with Crippen molar-refractivity contribution in [3.05, 3.63) is 23.8 Å². The van der Waals surface area contributed by atoms with Gasteiger partial charge in [0.2, 0.25) is 0 Å². The number of nitrogens with two attached hydrogens (primary N) is 1. The third-order valence-electron chi connectivity index (χ3n) is 1.90. The summed E-state index contributed by atoms with van der Waals surface area (Å²) in [7, 11) is 0. The third kappa shape index (κ3) is 3.21. The second kappa shape index (κ2) is 5.24. The van der Waals surface area contributed by atoms with Gasteiger partial charge >= 0.3 is 0 Å². The van der Waals surface area contributed by atoms with Gasteiger partial charge in [0, 0.05) is 16.3 Å². The fraction of sp³-hybridized carbons (Fsp3) is 0.400. The van der Waals surface area contributed by atoms with Crippen molar-refractivity contribution in [1.29, 1.82) is 0 Å². The molecule has 0 saturated heterocycles. The van der Waals surface area contributed by atoms with Crippen LogP contribution in [0.1, 0.15) is 5.56 Å². The molecular weight excluding hydrogens is 198 g/mol. The van der Waals surface area contributed by atoms with Gasteiger partial charge in [0.15, 0.2) is 0 Å². The van der Waals surface area contributed by atoms with Crippen LogP contribution in [0, 0.1) is 6.92 Å². The first-order chi connectivity index (χ1) is 6.63. The number of thioether (sulfide) groups is 1. The van der Waals surface area contributed by atoms with Gasteiger partial charge in [0.1, 0.15) is 0 Å². The van der Waals surface area contributed by atoms with Crippen LogP contribution in [0.15, 0.2) is 23.1 Å². The zero-order chi connectivity index (χ0) is 10.6. The van der Waals surface area contributed by atoms with Crippen LogP contribution < -0.4 is 5.73 Å². The van der Waals surface area contributed by atoms with Gasteiger partial charge in [-0.25, -0.2) is 0 Å². The number of aliphatic hydroxyl groups is 2. The highest BCUT2D eigenvalue weighted by molar-refractivity contribution is 7.99. The number of rotatable bonds is 4. The minimum atomic E-state index is -0.664. The quantitative estimate of drug-likeness (QED) is 0.516. The summed E-state index contributed by atoms with van der Waals surface area (Å²) in [5, 5.41) is 17.8. The number of anilines is 1. The van der Waals surface area contributed by atoms with E-state index in [9.17, 15) is 0 Å². The highest BCUT2D eigenvalue weighted by Gasteiger charge is 2.03. The van der Waals surface area contributed by atoms with Crippen molar-refractivity contribution < 1.29 is 10.2 Å². The van der Waals surface area contributed by atoms with Crippen molar-refractivity contribution in [3.63, 3.8) is 0 Å². The first kappa shape index (κ1) is 11.4. The number of aryl methyl sites for hydroxylation is 1. The van der Waals surface area contributed by atoms with Gasteiger partial charge in [-0.2, -0.15) is 0 Å². The van der Waals surface area contributed by atoms with Crippen LogP contribution >= 0.6 is 11.8 Å². The molecule has 1 rings (SSSR count). The van der Waals surface area contributed by atoms with E-state index in [4.69, 9.17) is 15.9 Å². The zero-order valence-electron chi connectivity index (χ0n) is 8.10. The molecule has 1 unspecified atom stereocenters.